The molecule has 0 saturated carbocycles. The van der Waals surface area contributed by atoms with Crippen LogP contribution in [0, 0.1) is 5.92 Å². The fourth-order valence-electron chi connectivity index (χ4n) is 2.92. The zero-order chi connectivity index (χ0) is 14.5. The van der Waals surface area contributed by atoms with Crippen molar-refractivity contribution in [2.75, 3.05) is 32.0 Å². The first-order valence-electron chi connectivity index (χ1n) is 7.79. The zero-order valence-electron chi connectivity index (χ0n) is 12.7. The van der Waals surface area contributed by atoms with Gasteiger partial charge in [0, 0.05) is 24.6 Å². The highest BCUT2D eigenvalue weighted by Gasteiger charge is 2.16. The van der Waals surface area contributed by atoms with E-state index in [0.29, 0.717) is 0 Å². The largest absolute Gasteiger partial charge is 0.384 e. The van der Waals surface area contributed by atoms with Gasteiger partial charge in [-0.3, -0.25) is 4.68 Å². The minimum Gasteiger partial charge on any atom is -0.384 e. The Bertz CT molecular complexity index is 542. The van der Waals surface area contributed by atoms with Crippen LogP contribution in [0.1, 0.15) is 18.4 Å². The van der Waals surface area contributed by atoms with Crippen molar-refractivity contribution in [3.63, 3.8) is 0 Å². The molecule has 2 heterocycles. The van der Waals surface area contributed by atoms with Crippen molar-refractivity contribution in [2.45, 2.75) is 19.4 Å². The van der Waals surface area contributed by atoms with Gasteiger partial charge in [-0.05, 0) is 56.6 Å². The van der Waals surface area contributed by atoms with Gasteiger partial charge in [0.15, 0.2) is 0 Å². The van der Waals surface area contributed by atoms with Crippen LogP contribution in [-0.2, 0) is 6.54 Å². The van der Waals surface area contributed by atoms with Gasteiger partial charge in [-0.15, -0.1) is 0 Å². The maximum Gasteiger partial charge on any atom is 0.0679 e. The molecule has 1 aromatic carbocycles. The molecule has 1 N–H and O–H groups in total. The highest BCUT2D eigenvalue weighted by Crippen LogP contribution is 2.20. The standard InChI is InChI=1S/C17H24N4/c1-20-11-7-15(8-12-20)13-18-17-6-3-2-5-16(17)14-21-10-4-9-19-21/h2-6,9-10,15,18H,7-8,11-14H2,1H3. The normalized spacial score (nSPS) is 17.0. The number of hydrogen-bond donors (Lipinski definition) is 1. The van der Waals surface area contributed by atoms with Crippen LogP contribution in [0.4, 0.5) is 5.69 Å². The van der Waals surface area contributed by atoms with Gasteiger partial charge >= 0.3 is 0 Å². The van der Waals surface area contributed by atoms with Crippen LogP contribution in [0.2, 0.25) is 0 Å². The zero-order valence-corrected chi connectivity index (χ0v) is 12.7. The first-order chi connectivity index (χ1) is 10.3. The predicted octanol–water partition coefficient (Wildman–Crippen LogP) is 2.69. The second-order valence-corrected chi connectivity index (χ2v) is 5.99. The van der Waals surface area contributed by atoms with Crippen molar-refractivity contribution in [3.05, 3.63) is 48.3 Å². The smallest absolute Gasteiger partial charge is 0.0679 e. The van der Waals surface area contributed by atoms with Gasteiger partial charge in [0.2, 0.25) is 0 Å². The van der Waals surface area contributed by atoms with Crippen LogP contribution in [0.3, 0.4) is 0 Å². The van der Waals surface area contributed by atoms with Crippen LogP contribution in [0.25, 0.3) is 0 Å². The number of piperidine rings is 1. The Morgan fingerprint density at radius 3 is 2.76 bits per heavy atom. The Labute approximate surface area is 126 Å². The number of nitrogens with one attached hydrogen (secondary N) is 1. The topological polar surface area (TPSA) is 33.1 Å². The van der Waals surface area contributed by atoms with Gasteiger partial charge in [0.05, 0.1) is 6.54 Å². The molecule has 1 fully saturated rings. The molecule has 1 aliphatic heterocycles. The third-order valence-electron chi connectivity index (χ3n) is 4.33. The molecular formula is C17H24N4. The van der Waals surface area contributed by atoms with E-state index >= 15 is 0 Å². The van der Waals surface area contributed by atoms with E-state index in [2.05, 4.69) is 46.6 Å². The van der Waals surface area contributed by atoms with Crippen LogP contribution in [0.15, 0.2) is 42.7 Å². The monoisotopic (exact) mass is 284 g/mol. The quantitative estimate of drug-likeness (QED) is 0.916. The Kier molecular flexibility index (Phi) is 4.55. The van der Waals surface area contributed by atoms with E-state index in [1.165, 1.54) is 37.2 Å². The Morgan fingerprint density at radius 2 is 2.00 bits per heavy atom. The molecule has 1 aromatic heterocycles. The number of likely N-dealkylation sites (tertiary alicyclic amines) is 1. The van der Waals surface area contributed by atoms with Crippen molar-refractivity contribution < 1.29 is 0 Å². The molecule has 1 saturated heterocycles. The number of para-hydroxylation sites is 1. The number of benzene rings is 1. The number of anilines is 1. The number of aromatic nitrogens is 2. The Balaban J connectivity index is 1.60. The lowest BCUT2D eigenvalue weighted by atomic mass is 9.97. The second kappa shape index (κ2) is 6.76. The fourth-order valence-corrected chi connectivity index (χ4v) is 2.92. The molecule has 112 valence electrons. The van der Waals surface area contributed by atoms with Gasteiger partial charge in [0.25, 0.3) is 0 Å². The maximum absolute atomic E-state index is 4.29. The lowest BCUT2D eigenvalue weighted by Gasteiger charge is -2.29. The second-order valence-electron chi connectivity index (χ2n) is 5.99. The lowest BCUT2D eigenvalue weighted by Crippen LogP contribution is -2.33. The van der Waals surface area contributed by atoms with Gasteiger partial charge in [-0.2, -0.15) is 5.10 Å². The first-order valence-corrected chi connectivity index (χ1v) is 7.79. The SMILES string of the molecule is CN1CCC(CNc2ccccc2Cn2cccn2)CC1. The summed E-state index contributed by atoms with van der Waals surface area (Å²) in [6.07, 6.45) is 6.43. The summed E-state index contributed by atoms with van der Waals surface area (Å²) in [7, 11) is 2.21. The summed E-state index contributed by atoms with van der Waals surface area (Å²) < 4.78 is 1.97. The average molecular weight is 284 g/mol. The molecule has 0 bridgehead atoms. The van der Waals surface area contributed by atoms with E-state index in [-0.39, 0.29) is 0 Å². The van der Waals surface area contributed by atoms with Crippen LogP contribution in [-0.4, -0.2) is 41.4 Å². The van der Waals surface area contributed by atoms with Crippen molar-refractivity contribution in [1.82, 2.24) is 14.7 Å². The molecule has 0 aliphatic carbocycles. The van der Waals surface area contributed by atoms with Crippen molar-refractivity contribution in [2.24, 2.45) is 5.92 Å². The molecule has 21 heavy (non-hydrogen) atoms. The molecule has 2 aromatic rings. The molecule has 0 atom stereocenters. The van der Waals surface area contributed by atoms with Crippen LogP contribution in [0.5, 0.6) is 0 Å². The first kappa shape index (κ1) is 14.1. The number of hydrogen-bond acceptors (Lipinski definition) is 3. The molecule has 0 spiro atoms. The van der Waals surface area contributed by atoms with E-state index in [1.807, 2.05) is 23.1 Å². The summed E-state index contributed by atoms with van der Waals surface area (Å²) in [6.45, 7) is 4.34. The van der Waals surface area contributed by atoms with E-state index in [4.69, 9.17) is 0 Å². The summed E-state index contributed by atoms with van der Waals surface area (Å²) in [5.74, 6) is 0.791. The molecular weight excluding hydrogens is 260 g/mol. The highest BCUT2D eigenvalue weighted by atomic mass is 15.3. The van der Waals surface area contributed by atoms with E-state index in [9.17, 15) is 0 Å². The Hall–Kier alpha value is -1.81. The molecule has 0 radical (unpaired) electrons. The molecule has 3 rings (SSSR count). The molecule has 0 amide bonds. The highest BCUT2D eigenvalue weighted by molar-refractivity contribution is 5.51. The summed E-state index contributed by atoms with van der Waals surface area (Å²) in [5.41, 5.74) is 2.54. The Morgan fingerprint density at radius 1 is 1.19 bits per heavy atom. The number of nitrogens with zero attached hydrogens (tertiary/aromatic N) is 3. The van der Waals surface area contributed by atoms with Crippen molar-refractivity contribution >= 4 is 5.69 Å². The molecule has 4 heteroatoms. The van der Waals surface area contributed by atoms with E-state index < -0.39 is 0 Å². The molecule has 0 unspecified atom stereocenters. The summed E-state index contributed by atoms with van der Waals surface area (Å²) in [6, 6.07) is 10.5. The minimum absolute atomic E-state index is 0.791. The van der Waals surface area contributed by atoms with Gasteiger partial charge in [0.1, 0.15) is 0 Å². The third-order valence-corrected chi connectivity index (χ3v) is 4.33. The van der Waals surface area contributed by atoms with E-state index in [1.54, 1.807) is 0 Å². The fraction of sp³-hybridized carbons (Fsp3) is 0.471. The summed E-state index contributed by atoms with van der Waals surface area (Å²) in [4.78, 5) is 2.42. The average Bonchev–Trinajstić information content (AvgIpc) is 3.01. The number of rotatable bonds is 5. The van der Waals surface area contributed by atoms with Gasteiger partial charge in [-0.1, -0.05) is 18.2 Å². The van der Waals surface area contributed by atoms with Crippen molar-refractivity contribution in [1.29, 1.82) is 0 Å². The molecule has 4 nitrogen and oxygen atoms in total. The van der Waals surface area contributed by atoms with Crippen LogP contribution >= 0.6 is 0 Å². The maximum atomic E-state index is 4.29. The van der Waals surface area contributed by atoms with E-state index in [0.717, 1.165) is 19.0 Å². The minimum atomic E-state index is 0.791. The van der Waals surface area contributed by atoms with Crippen molar-refractivity contribution in [3.8, 4) is 0 Å². The van der Waals surface area contributed by atoms with Gasteiger partial charge < -0.3 is 10.2 Å². The predicted molar refractivity (Wildman–Crippen MR) is 86.5 cm³/mol. The summed E-state index contributed by atoms with van der Waals surface area (Å²) in [5, 5.41) is 7.94. The van der Waals surface area contributed by atoms with Gasteiger partial charge in [-0.25, -0.2) is 0 Å². The lowest BCUT2D eigenvalue weighted by molar-refractivity contribution is 0.226. The molecule has 1 aliphatic rings. The third kappa shape index (κ3) is 3.85. The van der Waals surface area contributed by atoms with Crippen LogP contribution < -0.4 is 5.32 Å². The summed E-state index contributed by atoms with van der Waals surface area (Å²) >= 11 is 0.